The van der Waals surface area contributed by atoms with Gasteiger partial charge in [-0.05, 0) is 92.8 Å². The maximum Gasteiger partial charge on any atom is 0.138 e. The van der Waals surface area contributed by atoms with Crippen LogP contribution in [0.15, 0.2) is 85.6 Å². The molecule has 0 aliphatic rings. The van der Waals surface area contributed by atoms with Crippen molar-refractivity contribution in [2.75, 3.05) is 0 Å². The number of nitrogens with two attached hydrogens (primary N) is 1. The van der Waals surface area contributed by atoms with Gasteiger partial charge in [-0.15, -0.1) is 6.58 Å². The molecule has 0 radical (unpaired) electrons. The molecule has 0 saturated heterocycles. The summed E-state index contributed by atoms with van der Waals surface area (Å²) < 4.78 is 0. The summed E-state index contributed by atoms with van der Waals surface area (Å²) in [5, 5.41) is 38.5. The summed E-state index contributed by atoms with van der Waals surface area (Å²) in [7, 11) is 0. The predicted molar refractivity (Wildman–Crippen MR) is 182 cm³/mol. The number of halogens is 4. The average molecular weight is 665 g/mol. The number of hydrogen-bond donors (Lipinski definition) is 5. The molecule has 0 bridgehead atoms. The zero-order valence-electron chi connectivity index (χ0n) is 24.6. The molecule has 4 aromatic rings. The Morgan fingerprint density at radius 1 is 0.721 bits per heavy atom. The molecule has 43 heavy (non-hydrogen) atoms. The van der Waals surface area contributed by atoms with Gasteiger partial charge in [0.2, 0.25) is 0 Å². The number of benzene rings is 4. The van der Waals surface area contributed by atoms with Gasteiger partial charge < -0.3 is 26.2 Å². The van der Waals surface area contributed by atoms with Crippen LogP contribution in [0, 0.1) is 27.7 Å². The highest BCUT2D eigenvalue weighted by atomic mass is 35.5. The van der Waals surface area contributed by atoms with E-state index in [-0.39, 0.29) is 21.5 Å². The van der Waals surface area contributed by atoms with E-state index in [1.165, 1.54) is 18.2 Å². The number of aryl methyl sites for hydroxylation is 3. The van der Waals surface area contributed by atoms with Crippen LogP contribution < -0.4 is 5.73 Å². The molecule has 0 amide bonds. The summed E-state index contributed by atoms with van der Waals surface area (Å²) >= 11 is 22.9. The van der Waals surface area contributed by atoms with Gasteiger partial charge in [0.1, 0.15) is 23.0 Å². The van der Waals surface area contributed by atoms with Crippen LogP contribution in [0.1, 0.15) is 33.4 Å². The van der Waals surface area contributed by atoms with Gasteiger partial charge in [-0.2, -0.15) is 0 Å². The summed E-state index contributed by atoms with van der Waals surface area (Å²) in [5.41, 5.74) is 11.3. The first-order chi connectivity index (χ1) is 20.1. The third-order valence-electron chi connectivity index (χ3n) is 5.94. The zero-order chi connectivity index (χ0) is 32.9. The van der Waals surface area contributed by atoms with Crippen molar-refractivity contribution in [1.82, 2.24) is 0 Å². The monoisotopic (exact) mass is 663 g/mol. The third-order valence-corrected chi connectivity index (χ3v) is 7.33. The Balaban J connectivity index is 0.000000292. The van der Waals surface area contributed by atoms with E-state index < -0.39 is 0 Å². The highest BCUT2D eigenvalue weighted by Crippen LogP contribution is 2.35. The Hall–Kier alpha value is -3.48. The molecular formula is C34H37Cl4NO4. The minimum atomic E-state index is 0.0279. The van der Waals surface area contributed by atoms with E-state index in [1.54, 1.807) is 38.1 Å². The van der Waals surface area contributed by atoms with E-state index in [0.717, 1.165) is 34.2 Å². The van der Waals surface area contributed by atoms with E-state index >= 15 is 0 Å². The second-order valence-electron chi connectivity index (χ2n) is 9.58. The molecule has 0 aliphatic heterocycles. The minimum Gasteiger partial charge on any atom is -0.508 e. The second-order valence-corrected chi connectivity index (χ2v) is 11.2. The van der Waals surface area contributed by atoms with Crippen molar-refractivity contribution in [2.45, 2.75) is 40.5 Å². The van der Waals surface area contributed by atoms with Gasteiger partial charge >= 0.3 is 0 Å². The summed E-state index contributed by atoms with van der Waals surface area (Å²) in [6, 6.07) is 17.2. The van der Waals surface area contributed by atoms with Gasteiger partial charge in [-0.3, -0.25) is 0 Å². The minimum absolute atomic E-state index is 0.0279. The quantitative estimate of drug-likeness (QED) is 0.140. The smallest absolute Gasteiger partial charge is 0.138 e. The molecule has 0 fully saturated rings. The van der Waals surface area contributed by atoms with E-state index in [2.05, 4.69) is 13.2 Å². The van der Waals surface area contributed by atoms with Crippen molar-refractivity contribution in [3.8, 4) is 23.0 Å². The van der Waals surface area contributed by atoms with Crippen LogP contribution in [-0.2, 0) is 12.8 Å². The molecule has 0 aromatic heterocycles. The van der Waals surface area contributed by atoms with Crippen LogP contribution in [0.2, 0.25) is 20.1 Å². The van der Waals surface area contributed by atoms with Crippen LogP contribution in [-0.4, -0.2) is 20.4 Å². The molecule has 0 aliphatic carbocycles. The first-order valence-corrected chi connectivity index (χ1v) is 14.5. The zero-order valence-corrected chi connectivity index (χ0v) is 27.6. The lowest BCUT2D eigenvalue weighted by atomic mass is 10.0. The van der Waals surface area contributed by atoms with E-state index in [1.807, 2.05) is 38.1 Å². The number of rotatable bonds is 4. The van der Waals surface area contributed by atoms with Gasteiger partial charge in [-0.1, -0.05) is 83.3 Å². The lowest BCUT2D eigenvalue weighted by Gasteiger charge is -2.11. The van der Waals surface area contributed by atoms with Crippen molar-refractivity contribution in [1.29, 1.82) is 0 Å². The molecule has 0 saturated carbocycles. The van der Waals surface area contributed by atoms with Crippen molar-refractivity contribution in [2.24, 2.45) is 5.73 Å². The summed E-state index contributed by atoms with van der Waals surface area (Å²) in [6.45, 7) is 14.7. The highest BCUT2D eigenvalue weighted by Gasteiger charge is 2.13. The van der Waals surface area contributed by atoms with Gasteiger partial charge in [0.05, 0.1) is 10.0 Å². The first-order valence-electron chi connectivity index (χ1n) is 13.0. The summed E-state index contributed by atoms with van der Waals surface area (Å²) in [4.78, 5) is 0. The normalized spacial score (nSPS) is 9.77. The van der Waals surface area contributed by atoms with Gasteiger partial charge in [0.25, 0.3) is 0 Å². The predicted octanol–water partition coefficient (Wildman–Crippen LogP) is 10.2. The van der Waals surface area contributed by atoms with Gasteiger partial charge in [0, 0.05) is 33.3 Å². The Kier molecular flexibility index (Phi) is 15.9. The number of phenolic OH excluding ortho intramolecular Hbond substituents is 4. The molecule has 5 nitrogen and oxygen atoms in total. The van der Waals surface area contributed by atoms with Crippen molar-refractivity contribution >= 4 is 46.4 Å². The van der Waals surface area contributed by atoms with Crippen LogP contribution in [0.5, 0.6) is 23.0 Å². The third kappa shape index (κ3) is 12.7. The molecule has 9 heteroatoms. The Morgan fingerprint density at radius 3 is 1.81 bits per heavy atom. The van der Waals surface area contributed by atoms with E-state index in [4.69, 9.17) is 62.4 Å². The molecule has 4 rings (SSSR count). The number of allylic oxidation sites excluding steroid dienone is 2. The maximum atomic E-state index is 9.66. The van der Waals surface area contributed by atoms with Crippen molar-refractivity contribution in [3.63, 3.8) is 0 Å². The Labute approximate surface area is 274 Å². The Bertz CT molecular complexity index is 1440. The van der Waals surface area contributed by atoms with Gasteiger partial charge in [0.15, 0.2) is 0 Å². The molecular weight excluding hydrogens is 628 g/mol. The molecule has 0 unspecified atom stereocenters. The molecule has 0 heterocycles. The standard InChI is InChI=1S/C10H11Cl2NO.C10H12O.C7H6Cl2O.C7H8O/c1-5(13)3-7-6(2)8(11)4-9(12)10(7)14;1-3-5-9-8(2)6-4-7-10(9)11;1-4-2-7(10)6(9)3-5(4)8;1-6-3-2-4-7(8)5-6/h4,14H,1,3,13H2,2H3;3-4,6-7,11H,1,5H2,2H3;2-3,10H,1H3;2-5,8H,1H3. The largest absolute Gasteiger partial charge is 0.508 e. The van der Waals surface area contributed by atoms with Crippen molar-refractivity contribution in [3.05, 3.63) is 139 Å². The fourth-order valence-electron chi connectivity index (χ4n) is 3.56. The van der Waals surface area contributed by atoms with Crippen LogP contribution in [0.4, 0.5) is 0 Å². The van der Waals surface area contributed by atoms with Crippen LogP contribution in [0.25, 0.3) is 0 Å². The highest BCUT2D eigenvalue weighted by molar-refractivity contribution is 6.36. The average Bonchev–Trinajstić information content (AvgIpc) is 2.92. The summed E-state index contributed by atoms with van der Waals surface area (Å²) in [6.07, 6.45) is 2.90. The van der Waals surface area contributed by atoms with E-state index in [9.17, 15) is 10.2 Å². The molecule has 0 spiro atoms. The topological polar surface area (TPSA) is 107 Å². The second kappa shape index (κ2) is 18.2. The lowest BCUT2D eigenvalue weighted by Crippen LogP contribution is -2.01. The lowest BCUT2D eigenvalue weighted by molar-refractivity contribution is 0.468. The Morgan fingerprint density at radius 2 is 1.33 bits per heavy atom. The SMILES string of the molecule is C=C(N)Cc1c(C)c(Cl)cc(Cl)c1O.C=CCc1c(C)cccc1O.Cc1cc(O)c(Cl)cc1Cl.Cc1cccc(O)c1. The molecule has 230 valence electrons. The number of phenols is 4. The van der Waals surface area contributed by atoms with E-state index in [0.29, 0.717) is 39.2 Å². The molecule has 4 aromatic carbocycles. The molecule has 6 N–H and O–H groups in total. The summed E-state index contributed by atoms with van der Waals surface area (Å²) in [5.74, 6) is 0.804. The van der Waals surface area contributed by atoms with Crippen molar-refractivity contribution < 1.29 is 20.4 Å². The number of hydrogen-bond acceptors (Lipinski definition) is 5. The first kappa shape index (κ1) is 37.5. The fraction of sp³-hybridized carbons (Fsp3) is 0.176. The molecule has 0 atom stereocenters. The number of aromatic hydroxyl groups is 4. The van der Waals surface area contributed by atoms with Gasteiger partial charge in [-0.25, -0.2) is 0 Å². The van der Waals surface area contributed by atoms with Crippen LogP contribution in [0.3, 0.4) is 0 Å². The fourth-order valence-corrected chi connectivity index (χ4v) is 4.45. The van der Waals surface area contributed by atoms with Crippen LogP contribution >= 0.6 is 46.4 Å². The maximum absolute atomic E-state index is 9.66.